The van der Waals surface area contributed by atoms with Crippen LogP contribution in [0.1, 0.15) is 34.1 Å². The Labute approximate surface area is 115 Å². The first-order valence-electron chi connectivity index (χ1n) is 6.18. The summed E-state index contributed by atoms with van der Waals surface area (Å²) in [6.45, 7) is 7.02. The molecule has 1 aliphatic rings. The first-order valence-corrected chi connectivity index (χ1v) is 8.49. The van der Waals surface area contributed by atoms with E-state index >= 15 is 0 Å². The van der Waals surface area contributed by atoms with Gasteiger partial charge in [-0.3, -0.25) is 9.00 Å². The van der Waals surface area contributed by atoms with Crippen LogP contribution in [0.5, 0.6) is 0 Å². The summed E-state index contributed by atoms with van der Waals surface area (Å²) in [5.74, 6) is 0.298. The Bertz CT molecular complexity index is 343. The average molecular weight is 294 g/mol. The lowest BCUT2D eigenvalue weighted by molar-refractivity contribution is -0.156. The lowest BCUT2D eigenvalue weighted by atomic mass is 9.87. The Kier molecular flexibility index (Phi) is 5.26. The second-order valence-corrected chi connectivity index (χ2v) is 8.51. The van der Waals surface area contributed by atoms with Gasteiger partial charge < -0.3 is 9.84 Å². The normalized spacial score (nSPS) is 33.5. The minimum atomic E-state index is -1.35. The Morgan fingerprint density at radius 3 is 2.78 bits per heavy atom. The van der Waals surface area contributed by atoms with E-state index in [0.29, 0.717) is 5.75 Å². The predicted molar refractivity (Wildman–Crippen MR) is 74.9 cm³/mol. The molecule has 18 heavy (non-hydrogen) atoms. The molecule has 1 saturated heterocycles. The summed E-state index contributed by atoms with van der Waals surface area (Å²) in [4.78, 5) is 11.8. The lowest BCUT2D eigenvalue weighted by Crippen LogP contribution is -2.58. The van der Waals surface area contributed by atoms with Gasteiger partial charge in [0.05, 0.1) is 12.5 Å². The van der Waals surface area contributed by atoms with Crippen LogP contribution in [-0.2, 0) is 20.3 Å². The van der Waals surface area contributed by atoms with Gasteiger partial charge in [0.15, 0.2) is 0 Å². The zero-order valence-corrected chi connectivity index (χ0v) is 13.0. The molecule has 0 saturated carbocycles. The van der Waals surface area contributed by atoms with Crippen LogP contribution in [0.3, 0.4) is 0 Å². The maximum Gasteiger partial charge on any atom is 0.311 e. The molecule has 1 heterocycles. The van der Waals surface area contributed by atoms with Gasteiger partial charge >= 0.3 is 5.97 Å². The number of ether oxygens (including phenoxy) is 1. The second kappa shape index (κ2) is 5.92. The number of rotatable bonds is 4. The molecule has 0 aromatic carbocycles. The van der Waals surface area contributed by atoms with Crippen LogP contribution in [0, 0.1) is 5.92 Å². The van der Waals surface area contributed by atoms with Crippen molar-refractivity contribution >= 4 is 28.5 Å². The number of carbonyl (C=O) groups is 1. The van der Waals surface area contributed by atoms with Crippen molar-refractivity contribution in [3.05, 3.63) is 0 Å². The molecule has 6 heteroatoms. The summed E-state index contributed by atoms with van der Waals surface area (Å²) in [6, 6.07) is 0. The van der Waals surface area contributed by atoms with E-state index in [1.807, 2.05) is 0 Å². The first kappa shape index (κ1) is 16.0. The Hall–Kier alpha value is -0.0700. The number of thioether (sulfide) groups is 1. The average Bonchev–Trinajstić information content (AvgIpc) is 2.32. The topological polar surface area (TPSA) is 63.6 Å². The van der Waals surface area contributed by atoms with Crippen LogP contribution in [0.4, 0.5) is 0 Å². The van der Waals surface area contributed by atoms with Gasteiger partial charge in [0.2, 0.25) is 0 Å². The summed E-state index contributed by atoms with van der Waals surface area (Å²) in [6.07, 6.45) is 0.886. The standard InChI is InChI=1S/C12H22O4S2/c1-5-16-10(13)9(2)11(3,14)12(4)17-7-6-8-18(12)15/h9,14H,5-8H2,1-4H3/t9-,11-,12-,18-/m1/s1. The molecule has 0 bridgehead atoms. The maximum absolute atomic E-state index is 12.2. The quantitative estimate of drug-likeness (QED) is 0.797. The number of carbonyl (C=O) groups excluding carboxylic acids is 1. The van der Waals surface area contributed by atoms with Crippen molar-refractivity contribution in [2.24, 2.45) is 5.92 Å². The molecule has 0 spiro atoms. The van der Waals surface area contributed by atoms with Gasteiger partial charge in [0.1, 0.15) is 9.68 Å². The van der Waals surface area contributed by atoms with Gasteiger partial charge in [-0.05, 0) is 39.9 Å². The number of hydrogen-bond donors (Lipinski definition) is 1. The molecule has 0 amide bonds. The number of aliphatic hydroxyl groups is 1. The highest BCUT2D eigenvalue weighted by Crippen LogP contribution is 2.46. The van der Waals surface area contributed by atoms with Crippen LogP contribution in [0.25, 0.3) is 0 Å². The monoisotopic (exact) mass is 294 g/mol. The van der Waals surface area contributed by atoms with Crippen LogP contribution in [0.15, 0.2) is 0 Å². The van der Waals surface area contributed by atoms with Crippen molar-refractivity contribution in [2.75, 3.05) is 18.1 Å². The molecule has 106 valence electrons. The molecule has 1 fully saturated rings. The number of esters is 1. The Morgan fingerprint density at radius 2 is 2.28 bits per heavy atom. The summed E-state index contributed by atoms with van der Waals surface area (Å²) < 4.78 is 16.4. The molecule has 0 aromatic heterocycles. The Morgan fingerprint density at radius 1 is 1.67 bits per heavy atom. The molecule has 1 aliphatic heterocycles. The molecule has 0 aromatic rings. The van der Waals surface area contributed by atoms with Crippen LogP contribution < -0.4 is 0 Å². The molecule has 4 atom stereocenters. The molecule has 1 rings (SSSR count). The number of hydrogen-bond acceptors (Lipinski definition) is 5. The summed E-state index contributed by atoms with van der Waals surface area (Å²) in [5.41, 5.74) is -1.35. The van der Waals surface area contributed by atoms with Crippen LogP contribution >= 0.6 is 11.8 Å². The minimum Gasteiger partial charge on any atom is -0.466 e. The van der Waals surface area contributed by atoms with Crippen molar-refractivity contribution in [2.45, 2.75) is 43.8 Å². The van der Waals surface area contributed by atoms with E-state index in [1.165, 1.54) is 11.8 Å². The van der Waals surface area contributed by atoms with E-state index in [-0.39, 0.29) is 6.61 Å². The van der Waals surface area contributed by atoms with Crippen LogP contribution in [0.2, 0.25) is 0 Å². The van der Waals surface area contributed by atoms with E-state index in [1.54, 1.807) is 27.7 Å². The van der Waals surface area contributed by atoms with Crippen molar-refractivity contribution in [1.82, 2.24) is 0 Å². The van der Waals surface area contributed by atoms with Gasteiger partial charge in [0.25, 0.3) is 0 Å². The van der Waals surface area contributed by atoms with Crippen molar-refractivity contribution in [1.29, 1.82) is 0 Å². The van der Waals surface area contributed by atoms with Crippen molar-refractivity contribution < 1.29 is 18.8 Å². The van der Waals surface area contributed by atoms with Gasteiger partial charge in [-0.15, -0.1) is 11.8 Å². The summed E-state index contributed by atoms with van der Waals surface area (Å²) in [5, 5.41) is 10.7. The van der Waals surface area contributed by atoms with Gasteiger partial charge in [0, 0.05) is 16.6 Å². The van der Waals surface area contributed by atoms with Crippen molar-refractivity contribution in [3.63, 3.8) is 0 Å². The fourth-order valence-corrected chi connectivity index (χ4v) is 5.77. The highest BCUT2D eigenvalue weighted by atomic mass is 32.2. The SMILES string of the molecule is CCOC(=O)[C@@H](C)[C@@](C)(O)[C@]1(C)SCCC[S@]1=O. The van der Waals surface area contributed by atoms with Crippen molar-refractivity contribution in [3.8, 4) is 0 Å². The van der Waals surface area contributed by atoms with E-state index in [2.05, 4.69) is 0 Å². The van der Waals surface area contributed by atoms with E-state index in [9.17, 15) is 14.1 Å². The van der Waals surface area contributed by atoms with Gasteiger partial charge in [-0.25, -0.2) is 0 Å². The molecule has 0 unspecified atom stereocenters. The summed E-state index contributed by atoms with van der Waals surface area (Å²) in [7, 11) is -1.15. The smallest absolute Gasteiger partial charge is 0.311 e. The second-order valence-electron chi connectivity index (χ2n) is 4.82. The largest absolute Gasteiger partial charge is 0.466 e. The molecule has 0 aliphatic carbocycles. The predicted octanol–water partition coefficient (Wildman–Crippen LogP) is 1.54. The maximum atomic E-state index is 12.2. The third-order valence-corrected chi connectivity index (χ3v) is 8.00. The third kappa shape index (κ3) is 2.75. The molecular formula is C12H22O4S2. The lowest BCUT2D eigenvalue weighted by Gasteiger charge is -2.45. The fourth-order valence-electron chi connectivity index (χ4n) is 1.98. The highest BCUT2D eigenvalue weighted by Gasteiger charge is 2.54. The van der Waals surface area contributed by atoms with E-state index in [0.717, 1.165) is 12.2 Å². The van der Waals surface area contributed by atoms with Crippen LogP contribution in [-0.4, -0.2) is 43.1 Å². The highest BCUT2D eigenvalue weighted by molar-refractivity contribution is 8.13. The minimum absolute atomic E-state index is 0.284. The fraction of sp³-hybridized carbons (Fsp3) is 0.917. The van der Waals surface area contributed by atoms with E-state index < -0.39 is 32.4 Å². The first-order chi connectivity index (χ1) is 8.27. The zero-order chi connectivity index (χ0) is 14.0. The third-order valence-electron chi connectivity index (χ3n) is 3.69. The van der Waals surface area contributed by atoms with Gasteiger partial charge in [-0.2, -0.15) is 0 Å². The Balaban J connectivity index is 2.96. The molecule has 4 nitrogen and oxygen atoms in total. The molecular weight excluding hydrogens is 272 g/mol. The van der Waals surface area contributed by atoms with E-state index in [4.69, 9.17) is 4.74 Å². The molecule has 0 radical (unpaired) electrons. The zero-order valence-electron chi connectivity index (χ0n) is 11.4. The molecule has 1 N–H and O–H groups in total. The van der Waals surface area contributed by atoms with Gasteiger partial charge in [-0.1, -0.05) is 0 Å². The summed E-state index contributed by atoms with van der Waals surface area (Å²) >= 11 is 1.49.